The summed E-state index contributed by atoms with van der Waals surface area (Å²) in [5, 5.41) is 24.2. The Morgan fingerprint density at radius 3 is 2.67 bits per heavy atom. The highest BCUT2D eigenvalue weighted by atomic mass is 16.5. The quantitative estimate of drug-likeness (QED) is 0.535. The molecule has 8 nitrogen and oxygen atoms in total. The molecule has 36 heavy (non-hydrogen) atoms. The van der Waals surface area contributed by atoms with E-state index in [1.54, 1.807) is 30.3 Å². The first kappa shape index (κ1) is 25.2. The Morgan fingerprint density at radius 2 is 1.97 bits per heavy atom. The van der Waals surface area contributed by atoms with Gasteiger partial charge in [-0.2, -0.15) is 5.26 Å². The fourth-order valence-electron chi connectivity index (χ4n) is 4.93. The molecule has 1 heterocycles. The van der Waals surface area contributed by atoms with Gasteiger partial charge in [0.2, 0.25) is 5.91 Å². The van der Waals surface area contributed by atoms with E-state index in [0.29, 0.717) is 54.9 Å². The second-order valence-electron chi connectivity index (χ2n) is 10.6. The monoisotopic (exact) mass is 489 g/mol. The number of aliphatic carboxylic acids is 1. The van der Waals surface area contributed by atoms with E-state index in [2.05, 4.69) is 16.7 Å². The number of carboxylic acids is 1. The first-order valence-electron chi connectivity index (χ1n) is 12.2. The number of carbonyl (C=O) groups excluding carboxylic acids is 2. The normalized spacial score (nSPS) is 20.0. The van der Waals surface area contributed by atoms with Crippen molar-refractivity contribution < 1.29 is 24.2 Å². The number of carboxylic acid groups (broad SMARTS) is 1. The average molecular weight is 490 g/mol. The van der Waals surface area contributed by atoms with Gasteiger partial charge >= 0.3 is 5.97 Å². The molecule has 0 aromatic heterocycles. The minimum Gasteiger partial charge on any atom is -0.493 e. The van der Waals surface area contributed by atoms with Crippen molar-refractivity contribution in [3.05, 3.63) is 58.7 Å². The van der Waals surface area contributed by atoms with E-state index in [9.17, 15) is 19.6 Å². The van der Waals surface area contributed by atoms with E-state index in [1.165, 1.54) is 0 Å². The lowest BCUT2D eigenvalue weighted by Gasteiger charge is -2.28. The minimum atomic E-state index is -0.872. The van der Waals surface area contributed by atoms with Crippen LogP contribution in [0.25, 0.3) is 0 Å². The number of fused-ring (bicyclic) bond motifs is 2. The van der Waals surface area contributed by atoms with Gasteiger partial charge < -0.3 is 20.5 Å². The van der Waals surface area contributed by atoms with Crippen LogP contribution in [-0.2, 0) is 21.4 Å². The second kappa shape index (κ2) is 9.65. The summed E-state index contributed by atoms with van der Waals surface area (Å²) in [6.45, 7) is 6.26. The smallest absolute Gasteiger partial charge is 0.303 e. The maximum atomic E-state index is 13.4. The van der Waals surface area contributed by atoms with Crippen LogP contribution in [0.4, 0.5) is 5.69 Å². The first-order valence-corrected chi connectivity index (χ1v) is 12.2. The van der Waals surface area contributed by atoms with Crippen LogP contribution in [0.1, 0.15) is 73.5 Å². The largest absolute Gasteiger partial charge is 0.493 e. The zero-order valence-corrected chi connectivity index (χ0v) is 20.8. The lowest BCUT2D eigenvalue weighted by atomic mass is 9.86. The molecule has 1 fully saturated rings. The third kappa shape index (κ3) is 5.35. The van der Waals surface area contributed by atoms with Crippen molar-refractivity contribution in [2.24, 2.45) is 5.92 Å². The van der Waals surface area contributed by atoms with Gasteiger partial charge in [0.15, 0.2) is 0 Å². The third-order valence-corrected chi connectivity index (χ3v) is 6.80. The van der Waals surface area contributed by atoms with Gasteiger partial charge in [-0.25, -0.2) is 0 Å². The highest BCUT2D eigenvalue weighted by molar-refractivity contribution is 5.98. The van der Waals surface area contributed by atoms with Crippen LogP contribution in [0.3, 0.4) is 0 Å². The topological polar surface area (TPSA) is 129 Å². The van der Waals surface area contributed by atoms with Gasteiger partial charge in [-0.05, 0) is 82.3 Å². The van der Waals surface area contributed by atoms with E-state index in [1.807, 2.05) is 26.8 Å². The molecule has 1 aliphatic carbocycles. The number of nitrogens with zero attached hydrogens (tertiary/aromatic N) is 1. The number of anilines is 1. The number of carbonyl (C=O) groups is 3. The van der Waals surface area contributed by atoms with Gasteiger partial charge in [-0.15, -0.1) is 0 Å². The predicted octanol–water partition coefficient (Wildman–Crippen LogP) is 4.17. The molecule has 1 unspecified atom stereocenters. The van der Waals surface area contributed by atoms with Crippen molar-refractivity contribution in [2.45, 2.75) is 63.8 Å². The van der Waals surface area contributed by atoms with E-state index in [4.69, 9.17) is 9.84 Å². The zero-order valence-electron chi connectivity index (χ0n) is 20.8. The fourth-order valence-corrected chi connectivity index (χ4v) is 4.93. The van der Waals surface area contributed by atoms with Crippen LogP contribution in [0.5, 0.6) is 5.75 Å². The summed E-state index contributed by atoms with van der Waals surface area (Å²) in [6, 6.07) is 12.6. The van der Waals surface area contributed by atoms with Crippen molar-refractivity contribution in [1.29, 1.82) is 5.26 Å². The van der Waals surface area contributed by atoms with Gasteiger partial charge in [-0.1, -0.05) is 6.07 Å². The van der Waals surface area contributed by atoms with Crippen LogP contribution >= 0.6 is 0 Å². The molecule has 8 heteroatoms. The lowest BCUT2D eigenvalue weighted by molar-refractivity contribution is -0.137. The van der Waals surface area contributed by atoms with Crippen LogP contribution in [0, 0.1) is 17.2 Å². The molecule has 0 bridgehead atoms. The number of rotatable bonds is 7. The van der Waals surface area contributed by atoms with Crippen molar-refractivity contribution in [3.8, 4) is 11.8 Å². The average Bonchev–Trinajstić information content (AvgIpc) is 3.53. The van der Waals surface area contributed by atoms with Gasteiger partial charge in [0.1, 0.15) is 5.75 Å². The van der Waals surface area contributed by atoms with Crippen molar-refractivity contribution in [2.75, 3.05) is 11.9 Å². The van der Waals surface area contributed by atoms with Crippen LogP contribution in [0.15, 0.2) is 36.4 Å². The molecule has 2 amide bonds. The van der Waals surface area contributed by atoms with Crippen LogP contribution in [-0.4, -0.2) is 35.0 Å². The zero-order chi connectivity index (χ0) is 26.1. The van der Waals surface area contributed by atoms with Crippen molar-refractivity contribution in [1.82, 2.24) is 5.32 Å². The summed E-state index contributed by atoms with van der Waals surface area (Å²) >= 11 is 0. The molecule has 0 radical (unpaired) electrons. The molecule has 3 N–H and O–H groups in total. The SMILES string of the molecule is CC(C)(C)NC(=O)c1ccc2c(c1)C1(CCO2)C[C@H]1C(=O)Nc1cc(C#N)ccc1CCCC(=O)O. The maximum absolute atomic E-state index is 13.4. The number of nitriles is 1. The molecule has 1 aliphatic heterocycles. The molecular formula is C28H31N3O5. The van der Waals surface area contributed by atoms with Gasteiger partial charge in [0.25, 0.3) is 5.91 Å². The fraction of sp³-hybridized carbons (Fsp3) is 0.429. The molecule has 2 aromatic rings. The summed E-state index contributed by atoms with van der Waals surface area (Å²) in [5.41, 5.74) is 2.40. The van der Waals surface area contributed by atoms with E-state index >= 15 is 0 Å². The summed E-state index contributed by atoms with van der Waals surface area (Å²) in [4.78, 5) is 37.1. The van der Waals surface area contributed by atoms with Crippen LogP contribution in [0.2, 0.25) is 0 Å². The molecule has 2 aliphatic rings. The molecule has 4 rings (SSSR count). The predicted molar refractivity (Wildman–Crippen MR) is 134 cm³/mol. The molecule has 1 saturated carbocycles. The van der Waals surface area contributed by atoms with Gasteiger partial charge in [0.05, 0.1) is 18.2 Å². The molecular weight excluding hydrogens is 458 g/mol. The summed E-state index contributed by atoms with van der Waals surface area (Å²) < 4.78 is 5.85. The Labute approximate surface area is 210 Å². The maximum Gasteiger partial charge on any atom is 0.303 e. The first-order chi connectivity index (χ1) is 17.0. The van der Waals surface area contributed by atoms with Crippen LogP contribution < -0.4 is 15.4 Å². The number of ether oxygens (including phenoxy) is 1. The van der Waals surface area contributed by atoms with E-state index in [0.717, 1.165) is 11.1 Å². The molecule has 1 spiro atoms. The van der Waals surface area contributed by atoms with Crippen molar-refractivity contribution in [3.63, 3.8) is 0 Å². The van der Waals surface area contributed by atoms with Crippen molar-refractivity contribution >= 4 is 23.5 Å². The van der Waals surface area contributed by atoms with E-state index in [-0.39, 0.29) is 29.7 Å². The Kier molecular flexibility index (Phi) is 6.77. The number of aryl methyl sites for hydroxylation is 1. The third-order valence-electron chi connectivity index (χ3n) is 6.80. The standard InChI is InChI=1S/C28H31N3O5/c1-27(2,3)31-25(34)19-9-10-23-20(14-19)28(11-12-36-23)15-21(28)26(35)30-22-13-17(16-29)7-8-18(22)5-4-6-24(32)33/h7-10,13-14,21H,4-6,11-12,15H2,1-3H3,(H,30,35)(H,31,34)(H,32,33)/t21-,28?/m0/s1. The Bertz CT molecular complexity index is 1260. The molecule has 2 aromatic carbocycles. The number of hydrogen-bond donors (Lipinski definition) is 3. The Balaban J connectivity index is 1.55. The highest BCUT2D eigenvalue weighted by Gasteiger charge is 2.61. The summed E-state index contributed by atoms with van der Waals surface area (Å²) in [7, 11) is 0. The molecule has 0 saturated heterocycles. The molecule has 2 atom stereocenters. The second-order valence-corrected chi connectivity index (χ2v) is 10.6. The number of hydrogen-bond acceptors (Lipinski definition) is 5. The lowest BCUT2D eigenvalue weighted by Crippen LogP contribution is -2.40. The Hall–Kier alpha value is -3.86. The number of benzene rings is 2. The summed E-state index contributed by atoms with van der Waals surface area (Å²) in [6.07, 6.45) is 2.26. The highest BCUT2D eigenvalue weighted by Crippen LogP contribution is 2.61. The molecule has 188 valence electrons. The number of amides is 2. The summed E-state index contributed by atoms with van der Waals surface area (Å²) in [5.74, 6) is -0.791. The van der Waals surface area contributed by atoms with Gasteiger partial charge in [0, 0.05) is 40.1 Å². The van der Waals surface area contributed by atoms with Gasteiger partial charge in [-0.3, -0.25) is 14.4 Å². The van der Waals surface area contributed by atoms with E-state index < -0.39 is 11.4 Å². The minimum absolute atomic E-state index is 0.0288. The number of nitrogens with one attached hydrogen (secondary N) is 2. The Morgan fingerprint density at radius 1 is 1.19 bits per heavy atom.